The maximum atomic E-state index is 13.0. The molecule has 5 heteroatoms. The van der Waals surface area contributed by atoms with Crippen molar-refractivity contribution in [2.75, 3.05) is 12.4 Å². The number of rotatable bonds is 8. The van der Waals surface area contributed by atoms with E-state index in [9.17, 15) is 9.59 Å². The quantitative estimate of drug-likeness (QED) is 0.356. The highest BCUT2D eigenvalue weighted by molar-refractivity contribution is 7.99. The third-order valence-electron chi connectivity index (χ3n) is 4.70. The lowest BCUT2D eigenvalue weighted by atomic mass is 10.0. The fraction of sp³-hybridized carbons (Fsp3) is 0.200. The van der Waals surface area contributed by atoms with Gasteiger partial charge in [0, 0.05) is 29.1 Å². The Morgan fingerprint density at radius 1 is 0.967 bits per heavy atom. The van der Waals surface area contributed by atoms with Crippen molar-refractivity contribution in [1.82, 2.24) is 0 Å². The minimum absolute atomic E-state index is 0.0836. The average Bonchev–Trinajstić information content (AvgIpc) is 2.74. The van der Waals surface area contributed by atoms with Gasteiger partial charge < -0.3 is 10.1 Å². The Balaban J connectivity index is 1.90. The highest BCUT2D eigenvalue weighted by Gasteiger charge is 2.20. The number of benzene rings is 3. The number of Topliss-reactive ketones (excluding diaryl/α,β-unsaturated/α-hetero) is 1. The van der Waals surface area contributed by atoms with Crippen LogP contribution in [0.2, 0.25) is 0 Å². The molecular weight excluding hydrogens is 394 g/mol. The summed E-state index contributed by atoms with van der Waals surface area (Å²) < 4.78 is 5.27. The first-order valence-corrected chi connectivity index (χ1v) is 10.6. The zero-order valence-corrected chi connectivity index (χ0v) is 18.2. The molecule has 0 saturated heterocycles. The Bertz CT molecular complexity index is 1010. The van der Waals surface area contributed by atoms with Crippen LogP contribution in [0.5, 0.6) is 5.75 Å². The van der Waals surface area contributed by atoms with Crippen molar-refractivity contribution >= 4 is 29.1 Å². The number of carbonyl (C=O) groups excluding carboxylic acids is 2. The molecule has 1 amide bonds. The molecule has 0 aliphatic rings. The number of thioether (sulfide) groups is 1. The largest absolute Gasteiger partial charge is 0.497 e. The fourth-order valence-corrected chi connectivity index (χ4v) is 4.33. The predicted molar refractivity (Wildman–Crippen MR) is 122 cm³/mol. The molecule has 0 fully saturated rings. The van der Waals surface area contributed by atoms with Crippen molar-refractivity contribution in [2.24, 2.45) is 0 Å². The van der Waals surface area contributed by atoms with Gasteiger partial charge in [-0.15, -0.1) is 11.8 Å². The van der Waals surface area contributed by atoms with E-state index in [2.05, 4.69) is 5.32 Å². The van der Waals surface area contributed by atoms with Crippen LogP contribution in [0.25, 0.3) is 0 Å². The van der Waals surface area contributed by atoms with Crippen LogP contribution in [-0.4, -0.2) is 18.8 Å². The molecule has 0 heterocycles. The van der Waals surface area contributed by atoms with E-state index in [0.717, 1.165) is 27.5 Å². The molecule has 1 atom stereocenters. The topological polar surface area (TPSA) is 55.4 Å². The van der Waals surface area contributed by atoms with Crippen molar-refractivity contribution in [2.45, 2.75) is 30.4 Å². The molecule has 0 aromatic heterocycles. The predicted octanol–water partition coefficient (Wildman–Crippen LogP) is 6.07. The van der Waals surface area contributed by atoms with Crippen LogP contribution in [0, 0.1) is 6.92 Å². The number of para-hydroxylation sites is 1. The van der Waals surface area contributed by atoms with Crippen molar-refractivity contribution < 1.29 is 14.3 Å². The Kier molecular flexibility index (Phi) is 7.31. The van der Waals surface area contributed by atoms with Gasteiger partial charge in [-0.3, -0.25) is 9.59 Å². The van der Waals surface area contributed by atoms with Gasteiger partial charge in [0.25, 0.3) is 0 Å². The number of nitrogens with one attached hydrogen (secondary N) is 1. The Labute approximate surface area is 181 Å². The summed E-state index contributed by atoms with van der Waals surface area (Å²) in [6.07, 6.45) is 0.342. The van der Waals surface area contributed by atoms with Gasteiger partial charge in [0.15, 0.2) is 5.78 Å². The summed E-state index contributed by atoms with van der Waals surface area (Å²) in [7, 11) is 1.63. The van der Waals surface area contributed by atoms with Crippen LogP contribution in [0.4, 0.5) is 5.69 Å². The van der Waals surface area contributed by atoms with Crippen LogP contribution < -0.4 is 10.1 Å². The summed E-state index contributed by atoms with van der Waals surface area (Å²) >= 11 is 1.57. The average molecular weight is 420 g/mol. The zero-order valence-electron chi connectivity index (χ0n) is 17.3. The van der Waals surface area contributed by atoms with Crippen LogP contribution >= 0.6 is 11.8 Å². The Hall–Kier alpha value is -3.05. The van der Waals surface area contributed by atoms with Crippen molar-refractivity contribution in [1.29, 1.82) is 0 Å². The van der Waals surface area contributed by atoms with Gasteiger partial charge in [-0.1, -0.05) is 54.1 Å². The molecule has 0 aliphatic carbocycles. The molecule has 0 saturated carbocycles. The van der Waals surface area contributed by atoms with E-state index in [1.165, 1.54) is 6.92 Å². The highest BCUT2D eigenvalue weighted by atomic mass is 32.2. The van der Waals surface area contributed by atoms with Crippen LogP contribution in [0.15, 0.2) is 77.7 Å². The molecule has 0 spiro atoms. The molecule has 3 aromatic carbocycles. The van der Waals surface area contributed by atoms with Gasteiger partial charge in [0.2, 0.25) is 5.91 Å². The van der Waals surface area contributed by atoms with E-state index in [0.29, 0.717) is 12.0 Å². The van der Waals surface area contributed by atoms with E-state index in [1.807, 2.05) is 79.7 Å². The van der Waals surface area contributed by atoms with Crippen LogP contribution in [0.1, 0.15) is 40.1 Å². The standard InChI is InChI=1S/C25H25NO3S/c1-17-8-10-19(11-9-17)23(28)16-25(20-12-14-21(29-3)15-13-20)30-24-7-5-4-6-22(24)26-18(2)27/h4-15,25H,16H2,1-3H3,(H,26,27)/t25-/m0/s1. The monoisotopic (exact) mass is 419 g/mol. The van der Waals surface area contributed by atoms with Gasteiger partial charge in [-0.05, 0) is 36.8 Å². The number of methoxy groups -OCH3 is 1. The minimum Gasteiger partial charge on any atom is -0.497 e. The van der Waals surface area contributed by atoms with Crippen molar-refractivity contribution in [3.8, 4) is 5.75 Å². The molecule has 154 valence electrons. The number of carbonyl (C=O) groups is 2. The highest BCUT2D eigenvalue weighted by Crippen LogP contribution is 2.42. The minimum atomic E-state index is -0.125. The zero-order chi connectivity index (χ0) is 21.5. The number of ketones is 1. The van der Waals surface area contributed by atoms with E-state index in [-0.39, 0.29) is 16.9 Å². The second-order valence-corrected chi connectivity index (χ2v) is 8.29. The first-order chi connectivity index (χ1) is 14.5. The first-order valence-electron chi connectivity index (χ1n) is 9.73. The molecule has 0 radical (unpaired) electrons. The smallest absolute Gasteiger partial charge is 0.221 e. The number of amides is 1. The molecular formula is C25H25NO3S. The summed E-state index contributed by atoms with van der Waals surface area (Å²) in [6.45, 7) is 3.49. The molecule has 4 nitrogen and oxygen atoms in total. The molecule has 0 bridgehead atoms. The third kappa shape index (κ3) is 5.74. The van der Waals surface area contributed by atoms with Crippen molar-refractivity contribution in [3.63, 3.8) is 0 Å². The number of hydrogen-bond acceptors (Lipinski definition) is 4. The van der Waals surface area contributed by atoms with Crippen molar-refractivity contribution in [3.05, 3.63) is 89.5 Å². The molecule has 30 heavy (non-hydrogen) atoms. The van der Waals surface area contributed by atoms with Gasteiger partial charge in [-0.2, -0.15) is 0 Å². The first kappa shape index (κ1) is 21.7. The number of ether oxygens (including phenoxy) is 1. The van der Waals surface area contributed by atoms with Crippen LogP contribution in [0.3, 0.4) is 0 Å². The molecule has 3 rings (SSSR count). The molecule has 3 aromatic rings. The maximum Gasteiger partial charge on any atom is 0.221 e. The Morgan fingerprint density at radius 3 is 2.27 bits per heavy atom. The van der Waals surface area contributed by atoms with Gasteiger partial charge in [0.1, 0.15) is 5.75 Å². The van der Waals surface area contributed by atoms with E-state index < -0.39 is 0 Å². The lowest BCUT2D eigenvalue weighted by Crippen LogP contribution is -2.08. The second-order valence-electron chi connectivity index (χ2n) is 7.05. The summed E-state index contributed by atoms with van der Waals surface area (Å²) in [6, 6.07) is 23.1. The number of hydrogen-bond donors (Lipinski definition) is 1. The van der Waals surface area contributed by atoms with Gasteiger partial charge in [-0.25, -0.2) is 0 Å². The second kappa shape index (κ2) is 10.1. The summed E-state index contributed by atoms with van der Waals surface area (Å²) in [4.78, 5) is 25.5. The lowest BCUT2D eigenvalue weighted by molar-refractivity contribution is -0.114. The van der Waals surface area contributed by atoms with E-state index in [4.69, 9.17) is 4.74 Å². The summed E-state index contributed by atoms with van der Waals surface area (Å²) in [5, 5.41) is 2.76. The SMILES string of the molecule is COc1ccc([C@H](CC(=O)c2ccc(C)cc2)Sc2ccccc2NC(C)=O)cc1. The van der Waals surface area contributed by atoms with E-state index in [1.54, 1.807) is 18.9 Å². The fourth-order valence-electron chi connectivity index (χ4n) is 3.09. The molecule has 1 N–H and O–H groups in total. The summed E-state index contributed by atoms with van der Waals surface area (Å²) in [5.74, 6) is 0.728. The number of anilines is 1. The summed E-state index contributed by atoms with van der Waals surface area (Å²) in [5.41, 5.74) is 3.60. The Morgan fingerprint density at radius 2 is 1.63 bits per heavy atom. The van der Waals surface area contributed by atoms with E-state index >= 15 is 0 Å². The molecule has 0 aliphatic heterocycles. The lowest BCUT2D eigenvalue weighted by Gasteiger charge is -2.19. The maximum absolute atomic E-state index is 13.0. The van der Waals surface area contributed by atoms with Gasteiger partial charge in [0.05, 0.1) is 12.8 Å². The van der Waals surface area contributed by atoms with Gasteiger partial charge >= 0.3 is 0 Å². The molecule has 0 unspecified atom stereocenters. The third-order valence-corrected chi connectivity index (χ3v) is 6.03. The van der Waals surface area contributed by atoms with Crippen LogP contribution in [-0.2, 0) is 4.79 Å². The normalized spacial score (nSPS) is 11.6. The number of aryl methyl sites for hydroxylation is 1.